The van der Waals surface area contributed by atoms with E-state index in [0.717, 1.165) is 64.2 Å². The number of carbonyl (C=O) groups is 2. The molecule has 0 aromatic carbocycles. The Morgan fingerprint density at radius 2 is 0.821 bits per heavy atom. The Morgan fingerprint density at radius 1 is 0.464 bits per heavy atom. The minimum absolute atomic E-state index is 0.0468. The number of rotatable bonds is 60. The van der Waals surface area contributed by atoms with E-state index in [1.807, 2.05) is 12.2 Å². The molecule has 11 heteroatoms. The van der Waals surface area contributed by atoms with Crippen molar-refractivity contribution in [2.24, 2.45) is 0 Å². The molecule has 1 saturated heterocycles. The molecule has 6 N–H and O–H groups in total. The Morgan fingerprint density at radius 3 is 1.26 bits per heavy atom. The maximum absolute atomic E-state index is 13.5. The highest BCUT2D eigenvalue weighted by Crippen LogP contribution is 2.26. The van der Waals surface area contributed by atoms with E-state index in [-0.39, 0.29) is 19.4 Å². The van der Waals surface area contributed by atoms with Crippen molar-refractivity contribution in [1.82, 2.24) is 5.32 Å². The number of hydrogen-bond acceptors (Lipinski definition) is 10. The lowest BCUT2D eigenvalue weighted by atomic mass is 9.99. The first-order valence-electron chi connectivity index (χ1n) is 35.2. The molecule has 1 rings (SSSR count). The zero-order chi connectivity index (χ0) is 61.0. The van der Waals surface area contributed by atoms with Gasteiger partial charge in [0.2, 0.25) is 5.91 Å². The Bertz CT molecular complexity index is 1640. The van der Waals surface area contributed by atoms with Gasteiger partial charge in [0.25, 0.3) is 0 Å². The predicted octanol–water partition coefficient (Wildman–Crippen LogP) is 17.9. The largest absolute Gasteiger partial charge is 0.454 e. The molecule has 0 aromatic heterocycles. The number of carbonyl (C=O) groups excluding carboxylic acids is 2. The molecule has 0 spiro atoms. The normalized spacial score (nSPS) is 18.9. The van der Waals surface area contributed by atoms with Crippen LogP contribution < -0.4 is 5.32 Å². The molecule has 0 bridgehead atoms. The second-order valence-corrected chi connectivity index (χ2v) is 24.3. The van der Waals surface area contributed by atoms with Gasteiger partial charge in [-0.3, -0.25) is 9.59 Å². The average molecular weight is 1180 g/mol. The summed E-state index contributed by atoms with van der Waals surface area (Å²) < 4.78 is 17.6. The molecule has 84 heavy (non-hydrogen) atoms. The molecule has 0 aliphatic carbocycles. The molecule has 1 aliphatic heterocycles. The minimum atomic E-state index is -1.64. The first-order chi connectivity index (χ1) is 41.2. The SMILES string of the molecule is CCCCC/C=C\C/C=C\C/C=C\C/C=C\CCCC(=O)OC1C(OCC(NC(=O)C(O)CCCCCCCCCCCCCCCCCC/C=C/CCCCCCCC)C(O)/C=C/CCCCCCCCCCCC)OC(CO)C(O)C1O. The van der Waals surface area contributed by atoms with Crippen LogP contribution in [0.3, 0.4) is 0 Å². The topological polar surface area (TPSA) is 175 Å². The van der Waals surface area contributed by atoms with Crippen LogP contribution in [0.25, 0.3) is 0 Å². The van der Waals surface area contributed by atoms with E-state index >= 15 is 0 Å². The smallest absolute Gasteiger partial charge is 0.306 e. The fraction of sp³-hybridized carbons (Fsp3) is 0.808. The molecule has 1 fully saturated rings. The molecular weight excluding hydrogens is 1050 g/mol. The second-order valence-electron chi connectivity index (χ2n) is 24.3. The summed E-state index contributed by atoms with van der Waals surface area (Å²) in [4.78, 5) is 26.6. The lowest BCUT2D eigenvalue weighted by Crippen LogP contribution is -2.61. The van der Waals surface area contributed by atoms with Crippen molar-refractivity contribution in [2.45, 2.75) is 365 Å². The van der Waals surface area contributed by atoms with Gasteiger partial charge < -0.3 is 45.1 Å². The van der Waals surface area contributed by atoms with E-state index in [4.69, 9.17) is 14.2 Å². The van der Waals surface area contributed by atoms with Gasteiger partial charge in [0, 0.05) is 6.42 Å². The number of esters is 1. The van der Waals surface area contributed by atoms with Crippen molar-refractivity contribution < 1.29 is 49.3 Å². The number of aliphatic hydroxyl groups excluding tert-OH is 5. The van der Waals surface area contributed by atoms with Crippen LogP contribution in [0.4, 0.5) is 0 Å². The lowest BCUT2D eigenvalue weighted by Gasteiger charge is -2.41. The van der Waals surface area contributed by atoms with Crippen molar-refractivity contribution in [3.8, 4) is 0 Å². The molecule has 488 valence electrons. The number of ether oxygens (including phenoxy) is 3. The van der Waals surface area contributed by atoms with Crippen molar-refractivity contribution in [3.05, 3.63) is 72.9 Å². The van der Waals surface area contributed by atoms with Crippen LogP contribution in [-0.4, -0.2) is 99.6 Å². The maximum atomic E-state index is 13.5. The third-order valence-electron chi connectivity index (χ3n) is 16.3. The number of allylic oxidation sites excluding steroid dienone is 11. The highest BCUT2D eigenvalue weighted by molar-refractivity contribution is 5.80. The van der Waals surface area contributed by atoms with Crippen LogP contribution in [-0.2, 0) is 23.8 Å². The van der Waals surface area contributed by atoms with E-state index in [1.54, 1.807) is 6.08 Å². The number of hydrogen-bond donors (Lipinski definition) is 6. The summed E-state index contributed by atoms with van der Waals surface area (Å²) in [5.74, 6) is -1.25. The van der Waals surface area contributed by atoms with Crippen LogP contribution in [0.1, 0.15) is 316 Å². The monoisotopic (exact) mass is 1180 g/mol. The molecule has 11 nitrogen and oxygen atoms in total. The van der Waals surface area contributed by atoms with E-state index in [2.05, 4.69) is 80.8 Å². The fourth-order valence-corrected chi connectivity index (χ4v) is 10.8. The summed E-state index contributed by atoms with van der Waals surface area (Å²) in [6, 6.07) is -1.04. The number of unbranched alkanes of at least 4 members (excludes halogenated alkanes) is 36. The number of amides is 1. The van der Waals surface area contributed by atoms with Crippen molar-refractivity contribution >= 4 is 11.9 Å². The zero-order valence-corrected chi connectivity index (χ0v) is 54.3. The first-order valence-corrected chi connectivity index (χ1v) is 35.2. The van der Waals surface area contributed by atoms with Crippen LogP contribution in [0.15, 0.2) is 72.9 Å². The van der Waals surface area contributed by atoms with Crippen molar-refractivity contribution in [3.63, 3.8) is 0 Å². The molecule has 8 unspecified atom stereocenters. The third kappa shape index (κ3) is 47.2. The first kappa shape index (κ1) is 79.1. The number of aliphatic hydroxyl groups is 5. The summed E-state index contributed by atoms with van der Waals surface area (Å²) in [6.45, 7) is 5.76. The zero-order valence-electron chi connectivity index (χ0n) is 54.3. The number of nitrogens with one attached hydrogen (secondary N) is 1. The van der Waals surface area contributed by atoms with E-state index in [1.165, 1.54) is 199 Å². The second kappa shape index (κ2) is 60.4. The van der Waals surface area contributed by atoms with Gasteiger partial charge in [-0.2, -0.15) is 0 Å². The molecule has 0 aromatic rings. The molecule has 8 atom stereocenters. The lowest BCUT2D eigenvalue weighted by molar-refractivity contribution is -0.305. The minimum Gasteiger partial charge on any atom is -0.454 e. The fourth-order valence-electron chi connectivity index (χ4n) is 10.8. The van der Waals surface area contributed by atoms with Crippen LogP contribution in [0.5, 0.6) is 0 Å². The van der Waals surface area contributed by atoms with Gasteiger partial charge in [0.1, 0.15) is 24.4 Å². The molecular formula is C73H131NO10. The summed E-state index contributed by atoms with van der Waals surface area (Å²) in [5, 5.41) is 57.1. The van der Waals surface area contributed by atoms with E-state index < -0.39 is 67.4 Å². The van der Waals surface area contributed by atoms with Gasteiger partial charge in [-0.15, -0.1) is 0 Å². The maximum Gasteiger partial charge on any atom is 0.306 e. The summed E-state index contributed by atoms with van der Waals surface area (Å²) in [5.41, 5.74) is 0. The average Bonchev–Trinajstić information content (AvgIpc) is 3.69. The van der Waals surface area contributed by atoms with Gasteiger partial charge in [-0.1, -0.05) is 293 Å². The summed E-state index contributed by atoms with van der Waals surface area (Å²) in [6.07, 6.45) is 68.2. The summed E-state index contributed by atoms with van der Waals surface area (Å²) >= 11 is 0. The van der Waals surface area contributed by atoms with Crippen molar-refractivity contribution in [1.29, 1.82) is 0 Å². The Kier molecular flexibility index (Phi) is 56.9. The van der Waals surface area contributed by atoms with Crippen LogP contribution in [0.2, 0.25) is 0 Å². The quantitative estimate of drug-likeness (QED) is 0.0195. The Hall–Kier alpha value is -2.90. The Labute approximate surface area is 515 Å². The molecule has 1 aliphatic rings. The predicted molar refractivity (Wildman–Crippen MR) is 352 cm³/mol. The van der Waals surface area contributed by atoms with Gasteiger partial charge in [-0.05, 0) is 89.9 Å². The van der Waals surface area contributed by atoms with Crippen molar-refractivity contribution in [2.75, 3.05) is 13.2 Å². The highest BCUT2D eigenvalue weighted by atomic mass is 16.7. The highest BCUT2D eigenvalue weighted by Gasteiger charge is 2.47. The van der Waals surface area contributed by atoms with Gasteiger partial charge >= 0.3 is 5.97 Å². The van der Waals surface area contributed by atoms with E-state index in [0.29, 0.717) is 19.3 Å². The molecule has 0 radical (unpaired) electrons. The molecule has 0 saturated carbocycles. The van der Waals surface area contributed by atoms with Crippen LogP contribution >= 0.6 is 0 Å². The van der Waals surface area contributed by atoms with E-state index in [9.17, 15) is 35.1 Å². The van der Waals surface area contributed by atoms with Gasteiger partial charge in [0.05, 0.1) is 25.4 Å². The third-order valence-corrected chi connectivity index (χ3v) is 16.3. The summed E-state index contributed by atoms with van der Waals surface area (Å²) in [7, 11) is 0. The Balaban J connectivity index is 2.58. The van der Waals surface area contributed by atoms with Crippen LogP contribution in [0, 0.1) is 0 Å². The molecule has 1 heterocycles. The van der Waals surface area contributed by atoms with Gasteiger partial charge in [0.15, 0.2) is 12.4 Å². The molecule has 1 amide bonds. The standard InChI is InChI=1S/C73H131NO10/c1-4-7-10-13-16-19-22-25-27-29-30-31-32-33-34-35-36-37-39-40-42-45-48-51-54-57-60-66(77)72(81)74-64(65(76)59-56-53-50-47-44-24-21-18-15-12-9-6-3)63-82-73-71(70(80)69(79)67(62-75)83-73)84-68(78)61-58-55-52-49-46-43-41-38-28-26-23-20-17-14-11-8-5-2/h17,20,25-28,41,43,49,52,56,59,64-67,69-71,73,75-77,79-80H,4-16,18-19,21-24,29-40,42,44-48,50-51,53-55,57-58,60-63H2,1-3H3,(H,74,81)/b20-17-,27-25+,28-26-,43-41-,52-49-,59-56+. The van der Waals surface area contributed by atoms with Gasteiger partial charge in [-0.25, -0.2) is 0 Å².